The number of aromatic nitrogens is 4. The molecule has 1 atom stereocenters. The van der Waals surface area contributed by atoms with Gasteiger partial charge in [0.2, 0.25) is 0 Å². The zero-order valence-electron chi connectivity index (χ0n) is 19.9. The largest absolute Gasteiger partial charge is 0.380 e. The molecular formula is C26H27N5O4S. The Morgan fingerprint density at radius 3 is 2.75 bits per heavy atom. The molecule has 1 amide bonds. The lowest BCUT2D eigenvalue weighted by molar-refractivity contribution is 0.0951. The van der Waals surface area contributed by atoms with E-state index < -0.39 is 15.1 Å². The molecule has 186 valence electrons. The monoisotopic (exact) mass is 505 g/mol. The van der Waals surface area contributed by atoms with Crippen molar-refractivity contribution >= 4 is 21.4 Å². The van der Waals surface area contributed by atoms with Crippen molar-refractivity contribution in [2.45, 2.75) is 48.8 Å². The van der Waals surface area contributed by atoms with E-state index >= 15 is 0 Å². The van der Waals surface area contributed by atoms with Crippen LogP contribution in [0.25, 0.3) is 22.6 Å². The van der Waals surface area contributed by atoms with E-state index in [1.54, 1.807) is 39.8 Å². The minimum atomic E-state index is -3.53. The average Bonchev–Trinajstić information content (AvgIpc) is 3.40. The summed E-state index contributed by atoms with van der Waals surface area (Å²) in [5.74, 6) is 0.554. The van der Waals surface area contributed by atoms with Crippen LogP contribution in [0.2, 0.25) is 0 Å². The molecule has 3 aromatic heterocycles. The van der Waals surface area contributed by atoms with Gasteiger partial charge in [0.25, 0.3) is 5.91 Å². The van der Waals surface area contributed by atoms with Gasteiger partial charge in [0.1, 0.15) is 5.65 Å². The number of imidazole rings is 1. The zero-order valence-corrected chi connectivity index (χ0v) is 20.7. The third-order valence-corrected chi connectivity index (χ3v) is 9.03. The highest BCUT2D eigenvalue weighted by Gasteiger charge is 2.30. The highest BCUT2D eigenvalue weighted by molar-refractivity contribution is 7.92. The van der Waals surface area contributed by atoms with Crippen LogP contribution in [0.1, 0.15) is 41.6 Å². The van der Waals surface area contributed by atoms with Crippen molar-refractivity contribution in [2.75, 3.05) is 13.2 Å². The van der Waals surface area contributed by atoms with Crippen molar-refractivity contribution < 1.29 is 17.9 Å². The van der Waals surface area contributed by atoms with Crippen LogP contribution in [-0.4, -0.2) is 58.0 Å². The molecule has 0 bridgehead atoms. The normalized spacial score (nSPS) is 18.4. The molecule has 1 unspecified atom stereocenters. The summed E-state index contributed by atoms with van der Waals surface area (Å²) in [6, 6.07) is 9.27. The van der Waals surface area contributed by atoms with Gasteiger partial charge in [0.05, 0.1) is 29.1 Å². The Morgan fingerprint density at radius 1 is 1.11 bits per heavy atom. The first-order valence-electron chi connectivity index (χ1n) is 12.2. The maximum Gasteiger partial charge on any atom is 0.251 e. The fraction of sp³-hybridized carbons (Fsp3) is 0.346. The number of carbonyl (C=O) groups is 1. The zero-order chi connectivity index (χ0) is 24.9. The van der Waals surface area contributed by atoms with E-state index in [4.69, 9.17) is 4.74 Å². The van der Waals surface area contributed by atoms with Crippen LogP contribution in [0.3, 0.4) is 0 Å². The van der Waals surface area contributed by atoms with Gasteiger partial charge in [0, 0.05) is 36.2 Å². The fourth-order valence-corrected chi connectivity index (χ4v) is 6.24. The molecule has 1 saturated heterocycles. The van der Waals surface area contributed by atoms with E-state index in [0.29, 0.717) is 36.1 Å². The molecule has 2 aliphatic rings. The van der Waals surface area contributed by atoms with Gasteiger partial charge in [-0.2, -0.15) is 5.10 Å². The number of rotatable bonds is 6. The third kappa shape index (κ3) is 4.20. The number of ether oxygens (including phenoxy) is 1. The fourth-order valence-electron chi connectivity index (χ4n) is 4.59. The molecule has 4 aromatic rings. The molecule has 10 heteroatoms. The van der Waals surface area contributed by atoms with Crippen LogP contribution < -0.4 is 5.32 Å². The SMILES string of the molecule is Cc1ccc(C(=O)NC2CC2)cc1-c1cnn(-c2cnc3ccc(S(=O)(=O)C4CCCOC4)cn23)c1. The quantitative estimate of drug-likeness (QED) is 0.431. The standard InChI is InChI=1S/C26H27N5O4S/c1-17-4-5-18(26(32)29-20-6-7-20)11-23(17)19-12-28-31(14-19)25-13-27-24-9-8-21(15-30(24)25)36(33,34)22-3-2-10-35-16-22/h4-5,8-9,11-15,20,22H,2-3,6-7,10,16H2,1H3,(H,29,32). The topological polar surface area (TPSA) is 108 Å². The van der Waals surface area contributed by atoms with Crippen molar-refractivity contribution in [1.29, 1.82) is 0 Å². The van der Waals surface area contributed by atoms with Crippen LogP contribution in [0, 0.1) is 6.92 Å². The number of pyridine rings is 1. The molecule has 1 N–H and O–H groups in total. The number of hydrogen-bond acceptors (Lipinski definition) is 6. The molecule has 1 saturated carbocycles. The van der Waals surface area contributed by atoms with Gasteiger partial charge in [-0.25, -0.2) is 18.1 Å². The number of carbonyl (C=O) groups excluding carboxylic acids is 1. The Hall–Kier alpha value is -3.50. The average molecular weight is 506 g/mol. The molecule has 36 heavy (non-hydrogen) atoms. The number of benzene rings is 1. The van der Waals surface area contributed by atoms with Gasteiger partial charge in [-0.15, -0.1) is 0 Å². The maximum atomic E-state index is 13.2. The summed E-state index contributed by atoms with van der Waals surface area (Å²) in [7, 11) is -3.53. The lowest BCUT2D eigenvalue weighted by Gasteiger charge is -2.22. The summed E-state index contributed by atoms with van der Waals surface area (Å²) < 4.78 is 35.3. The van der Waals surface area contributed by atoms with Crippen molar-refractivity contribution in [3.05, 3.63) is 66.2 Å². The molecule has 1 aliphatic heterocycles. The Bertz CT molecular complexity index is 1560. The van der Waals surface area contributed by atoms with Crippen molar-refractivity contribution in [3.63, 3.8) is 0 Å². The van der Waals surface area contributed by atoms with E-state index in [9.17, 15) is 13.2 Å². The smallest absolute Gasteiger partial charge is 0.251 e. The number of amides is 1. The Balaban J connectivity index is 1.34. The van der Waals surface area contributed by atoms with E-state index in [-0.39, 0.29) is 17.4 Å². The first-order valence-corrected chi connectivity index (χ1v) is 13.7. The second-order valence-corrected chi connectivity index (χ2v) is 11.8. The molecule has 1 aliphatic carbocycles. The number of nitrogens with one attached hydrogen (secondary N) is 1. The number of sulfone groups is 1. The van der Waals surface area contributed by atoms with E-state index in [1.807, 2.05) is 31.3 Å². The lowest BCUT2D eigenvalue weighted by atomic mass is 10.0. The van der Waals surface area contributed by atoms with Crippen LogP contribution in [0.5, 0.6) is 0 Å². The first-order chi connectivity index (χ1) is 17.4. The van der Waals surface area contributed by atoms with E-state index in [1.165, 1.54) is 0 Å². The number of nitrogens with zero attached hydrogens (tertiary/aromatic N) is 4. The molecule has 9 nitrogen and oxygen atoms in total. The minimum absolute atomic E-state index is 0.0648. The van der Waals surface area contributed by atoms with Crippen LogP contribution in [0.4, 0.5) is 0 Å². The lowest BCUT2D eigenvalue weighted by Crippen LogP contribution is -2.31. The first kappa shape index (κ1) is 22.9. The Labute approximate surface area is 209 Å². The van der Waals surface area contributed by atoms with Crippen molar-refractivity contribution in [3.8, 4) is 16.9 Å². The Kier molecular flexibility index (Phi) is 5.65. The summed E-state index contributed by atoms with van der Waals surface area (Å²) in [6.07, 6.45) is 10.3. The summed E-state index contributed by atoms with van der Waals surface area (Å²) in [4.78, 5) is 17.2. The molecule has 2 fully saturated rings. The highest BCUT2D eigenvalue weighted by atomic mass is 32.2. The third-order valence-electron chi connectivity index (χ3n) is 6.89. The van der Waals surface area contributed by atoms with Gasteiger partial charge in [-0.3, -0.25) is 9.20 Å². The van der Waals surface area contributed by atoms with Crippen LogP contribution in [-0.2, 0) is 14.6 Å². The Morgan fingerprint density at radius 2 is 1.97 bits per heavy atom. The van der Waals surface area contributed by atoms with Gasteiger partial charge in [-0.1, -0.05) is 6.07 Å². The van der Waals surface area contributed by atoms with Crippen molar-refractivity contribution in [1.82, 2.24) is 24.5 Å². The van der Waals surface area contributed by atoms with Gasteiger partial charge >= 0.3 is 0 Å². The number of fused-ring (bicyclic) bond motifs is 1. The predicted molar refractivity (Wildman–Crippen MR) is 134 cm³/mol. The molecule has 4 heterocycles. The molecule has 0 radical (unpaired) electrons. The van der Waals surface area contributed by atoms with Gasteiger partial charge in [0.15, 0.2) is 15.7 Å². The summed E-state index contributed by atoms with van der Waals surface area (Å²) in [5.41, 5.74) is 4.03. The highest BCUT2D eigenvalue weighted by Crippen LogP contribution is 2.28. The maximum absolute atomic E-state index is 13.2. The summed E-state index contributed by atoms with van der Waals surface area (Å²) >= 11 is 0. The number of aryl methyl sites for hydroxylation is 1. The van der Waals surface area contributed by atoms with Crippen LogP contribution >= 0.6 is 0 Å². The molecule has 6 rings (SSSR count). The molecule has 1 aromatic carbocycles. The van der Waals surface area contributed by atoms with Crippen LogP contribution in [0.15, 0.2) is 60.0 Å². The summed E-state index contributed by atoms with van der Waals surface area (Å²) in [6.45, 7) is 2.82. The number of hydrogen-bond donors (Lipinski definition) is 1. The summed E-state index contributed by atoms with van der Waals surface area (Å²) in [5, 5.41) is 7.01. The van der Waals surface area contributed by atoms with Crippen molar-refractivity contribution in [2.24, 2.45) is 0 Å². The second-order valence-electron chi connectivity index (χ2n) is 9.54. The molecular weight excluding hydrogens is 478 g/mol. The minimum Gasteiger partial charge on any atom is -0.380 e. The van der Waals surface area contributed by atoms with E-state index in [0.717, 1.165) is 36.0 Å². The van der Waals surface area contributed by atoms with Gasteiger partial charge in [-0.05, 0) is 68.0 Å². The second kappa shape index (κ2) is 8.86. The van der Waals surface area contributed by atoms with Gasteiger partial charge < -0.3 is 10.1 Å². The predicted octanol–water partition coefficient (Wildman–Crippen LogP) is 3.34. The molecule has 0 spiro atoms. The van der Waals surface area contributed by atoms with E-state index in [2.05, 4.69) is 15.4 Å².